The molecule has 0 bridgehead atoms. The Kier molecular flexibility index (Phi) is 18.8. The van der Waals surface area contributed by atoms with Gasteiger partial charge in [0.2, 0.25) is 0 Å². The molecule has 0 heterocycles. The third kappa shape index (κ3) is 18.0. The number of carbonyl (C=O) groups excluding carboxylic acids is 1. The van der Waals surface area contributed by atoms with E-state index in [1.165, 1.54) is 76.2 Å². The van der Waals surface area contributed by atoms with Crippen LogP contribution >= 0.6 is 15.9 Å². The van der Waals surface area contributed by atoms with E-state index >= 15 is 0 Å². The minimum absolute atomic E-state index is 0.0586. The number of esters is 1. The first kappa shape index (κ1) is 23.7. The smallest absolute Gasteiger partial charge is 0.306 e. The molecule has 0 fully saturated rings. The molecule has 0 aromatic heterocycles. The fraction of sp³-hybridized carbons (Fsp3) is 0.857. The molecule has 0 saturated heterocycles. The molecule has 0 amide bonds. The van der Waals surface area contributed by atoms with E-state index in [0.29, 0.717) is 13.0 Å². The average Bonchev–Trinajstić information content (AvgIpc) is 2.58. The van der Waals surface area contributed by atoms with Crippen LogP contribution in [0, 0.1) is 0 Å². The van der Waals surface area contributed by atoms with Crippen molar-refractivity contribution in [1.29, 1.82) is 0 Å². The fourth-order valence-corrected chi connectivity index (χ4v) is 2.92. The first-order valence-corrected chi connectivity index (χ1v) is 11.2. The van der Waals surface area contributed by atoms with Gasteiger partial charge in [-0.25, -0.2) is 0 Å². The van der Waals surface area contributed by atoms with Crippen LogP contribution in [0.25, 0.3) is 0 Å². The third-order valence-corrected chi connectivity index (χ3v) is 5.26. The number of hydrogen-bond donors (Lipinski definition) is 0. The normalized spacial score (nSPS) is 11.7. The number of alkyl halides is 1. The summed E-state index contributed by atoms with van der Waals surface area (Å²) in [6.45, 7) is 4.71. The van der Waals surface area contributed by atoms with Crippen LogP contribution in [0.1, 0.15) is 104 Å². The van der Waals surface area contributed by atoms with Crippen LogP contribution in [0.4, 0.5) is 0 Å². The molecule has 0 N–H and O–H groups in total. The molecule has 0 atom stereocenters. The summed E-state index contributed by atoms with van der Waals surface area (Å²) in [5.74, 6) is -0.0586. The minimum atomic E-state index is -0.0586. The van der Waals surface area contributed by atoms with Gasteiger partial charge in [-0.3, -0.25) is 4.79 Å². The molecule has 0 aliphatic carbocycles. The van der Waals surface area contributed by atoms with Gasteiger partial charge in [0.25, 0.3) is 0 Å². The zero-order chi connectivity index (χ0) is 17.9. The Balaban J connectivity index is 3.20. The predicted molar refractivity (Wildman–Crippen MR) is 109 cm³/mol. The lowest BCUT2D eigenvalue weighted by molar-refractivity contribution is -0.142. The highest BCUT2D eigenvalue weighted by Gasteiger charge is 2.01. The number of allylic oxidation sites excluding steroid dienone is 1. The van der Waals surface area contributed by atoms with Crippen molar-refractivity contribution in [1.82, 2.24) is 0 Å². The summed E-state index contributed by atoms with van der Waals surface area (Å²) >= 11 is 3.37. The lowest BCUT2D eigenvalue weighted by Crippen LogP contribution is -2.04. The minimum Gasteiger partial charge on any atom is -0.461 e. The maximum absolute atomic E-state index is 11.6. The van der Waals surface area contributed by atoms with E-state index in [0.717, 1.165) is 18.2 Å². The van der Waals surface area contributed by atoms with Gasteiger partial charge in [0.05, 0.1) is 0 Å². The average molecular weight is 403 g/mol. The first-order chi connectivity index (χ1) is 11.7. The Bertz CT molecular complexity index is 313. The van der Waals surface area contributed by atoms with E-state index in [-0.39, 0.29) is 5.97 Å². The predicted octanol–water partition coefficient (Wildman–Crippen LogP) is 7.35. The number of ether oxygens (including phenoxy) is 1. The topological polar surface area (TPSA) is 26.3 Å². The molecule has 0 unspecified atom stereocenters. The van der Waals surface area contributed by atoms with Gasteiger partial charge in [-0.15, -0.1) is 0 Å². The van der Waals surface area contributed by atoms with Crippen LogP contribution in [-0.4, -0.2) is 17.9 Å². The summed E-state index contributed by atoms with van der Waals surface area (Å²) < 4.78 is 5.19. The van der Waals surface area contributed by atoms with Gasteiger partial charge in [-0.2, -0.15) is 0 Å². The highest BCUT2D eigenvalue weighted by molar-refractivity contribution is 9.09. The standard InChI is InChI=1S/C21H39BrO2/c1-3-4-5-6-7-8-9-10-11-12-13-14-15-16-21(23)24-18-17-20(2)19-22/h17H,3-16,18-19H2,1-2H3. The SMILES string of the molecule is CCCCCCCCCCCCCCCC(=O)OCC=C(C)CBr. The summed E-state index contributed by atoms with van der Waals surface area (Å²) in [6, 6.07) is 0. The van der Waals surface area contributed by atoms with E-state index in [1.54, 1.807) is 0 Å². The van der Waals surface area contributed by atoms with E-state index in [4.69, 9.17) is 4.74 Å². The van der Waals surface area contributed by atoms with Crippen molar-refractivity contribution in [3.8, 4) is 0 Å². The maximum Gasteiger partial charge on any atom is 0.306 e. The van der Waals surface area contributed by atoms with Crippen LogP contribution in [0.15, 0.2) is 11.6 Å². The quantitative estimate of drug-likeness (QED) is 0.110. The monoisotopic (exact) mass is 402 g/mol. The number of rotatable bonds is 17. The summed E-state index contributed by atoms with van der Waals surface area (Å²) in [6.07, 6.45) is 19.8. The Hall–Kier alpha value is -0.310. The third-order valence-electron chi connectivity index (χ3n) is 4.37. The van der Waals surface area contributed by atoms with Crippen LogP contribution in [0.5, 0.6) is 0 Å². The summed E-state index contributed by atoms with van der Waals surface area (Å²) in [5, 5.41) is 0.837. The molecular weight excluding hydrogens is 364 g/mol. The van der Waals surface area contributed by atoms with Crippen molar-refractivity contribution < 1.29 is 9.53 Å². The van der Waals surface area contributed by atoms with E-state index in [2.05, 4.69) is 22.9 Å². The summed E-state index contributed by atoms with van der Waals surface area (Å²) in [7, 11) is 0. The van der Waals surface area contributed by atoms with Crippen molar-refractivity contribution in [2.24, 2.45) is 0 Å². The lowest BCUT2D eigenvalue weighted by atomic mass is 10.0. The second-order valence-corrected chi connectivity index (χ2v) is 7.42. The van der Waals surface area contributed by atoms with Crippen LogP contribution in [0.3, 0.4) is 0 Å². The zero-order valence-electron chi connectivity index (χ0n) is 16.1. The van der Waals surface area contributed by atoms with Crippen molar-refractivity contribution in [2.45, 2.75) is 104 Å². The number of halogens is 1. The van der Waals surface area contributed by atoms with E-state index in [1.807, 2.05) is 13.0 Å². The van der Waals surface area contributed by atoms with Crippen molar-refractivity contribution in [3.63, 3.8) is 0 Å². The van der Waals surface area contributed by atoms with Gasteiger partial charge >= 0.3 is 5.97 Å². The second kappa shape index (κ2) is 19.0. The Labute approximate surface area is 158 Å². The van der Waals surface area contributed by atoms with Gasteiger partial charge in [0, 0.05) is 11.8 Å². The van der Waals surface area contributed by atoms with Crippen LogP contribution < -0.4 is 0 Å². The van der Waals surface area contributed by atoms with Crippen LogP contribution in [0.2, 0.25) is 0 Å². The van der Waals surface area contributed by atoms with Crippen molar-refractivity contribution >= 4 is 21.9 Å². The molecule has 0 saturated carbocycles. The lowest BCUT2D eigenvalue weighted by Gasteiger charge is -2.04. The highest BCUT2D eigenvalue weighted by Crippen LogP contribution is 2.13. The summed E-state index contributed by atoms with van der Waals surface area (Å²) in [5.41, 5.74) is 1.20. The molecule has 0 aromatic rings. The molecule has 0 rings (SSSR count). The van der Waals surface area contributed by atoms with Crippen molar-refractivity contribution in [3.05, 3.63) is 11.6 Å². The molecule has 0 aromatic carbocycles. The van der Waals surface area contributed by atoms with Gasteiger partial charge < -0.3 is 4.74 Å². The molecule has 3 heteroatoms. The Morgan fingerprint density at radius 3 is 1.75 bits per heavy atom. The maximum atomic E-state index is 11.6. The second-order valence-electron chi connectivity index (χ2n) is 6.86. The molecule has 0 aliphatic rings. The summed E-state index contributed by atoms with van der Waals surface area (Å²) in [4.78, 5) is 11.6. The number of unbranched alkanes of at least 4 members (excludes halogenated alkanes) is 12. The van der Waals surface area contributed by atoms with Gasteiger partial charge in [0.15, 0.2) is 0 Å². The van der Waals surface area contributed by atoms with E-state index < -0.39 is 0 Å². The van der Waals surface area contributed by atoms with Gasteiger partial charge in [0.1, 0.15) is 6.61 Å². The van der Waals surface area contributed by atoms with Crippen LogP contribution in [-0.2, 0) is 9.53 Å². The zero-order valence-corrected chi connectivity index (χ0v) is 17.7. The Morgan fingerprint density at radius 2 is 1.29 bits per heavy atom. The number of carbonyl (C=O) groups is 1. The van der Waals surface area contributed by atoms with Gasteiger partial charge in [-0.1, -0.05) is 105 Å². The Morgan fingerprint density at radius 1 is 0.833 bits per heavy atom. The highest BCUT2D eigenvalue weighted by atomic mass is 79.9. The van der Waals surface area contributed by atoms with Crippen molar-refractivity contribution in [2.75, 3.05) is 11.9 Å². The molecule has 0 radical (unpaired) electrons. The first-order valence-electron chi connectivity index (χ1n) is 10.1. The van der Waals surface area contributed by atoms with E-state index in [9.17, 15) is 4.79 Å². The number of hydrogen-bond acceptors (Lipinski definition) is 2. The molecule has 0 aliphatic heterocycles. The molecule has 24 heavy (non-hydrogen) atoms. The molecule has 142 valence electrons. The molecule has 2 nitrogen and oxygen atoms in total. The fourth-order valence-electron chi connectivity index (χ4n) is 2.69. The molecule has 0 spiro atoms. The largest absolute Gasteiger partial charge is 0.461 e. The molecular formula is C21H39BrO2. The van der Waals surface area contributed by atoms with Gasteiger partial charge in [-0.05, 0) is 19.4 Å².